The number of phenolic OH excluding ortho intramolecular Hbond substituents is 2. The third-order valence-corrected chi connectivity index (χ3v) is 2.50. The Hall–Kier alpha value is -0.490. The maximum absolute atomic E-state index is 9.29. The predicted octanol–water partition coefficient (Wildman–Crippen LogP) is 2.14. The Balaban J connectivity index is 0.000000531. The molecule has 0 aliphatic carbocycles. The first-order valence-corrected chi connectivity index (χ1v) is 6.92. The van der Waals surface area contributed by atoms with Gasteiger partial charge in [-0.05, 0) is 41.7 Å². The van der Waals surface area contributed by atoms with E-state index in [1.54, 1.807) is 12.1 Å². The molecule has 0 bridgehead atoms. The van der Waals surface area contributed by atoms with Crippen molar-refractivity contribution >= 4 is 22.6 Å². The Bertz CT molecular complexity index is 342. The van der Waals surface area contributed by atoms with Crippen molar-refractivity contribution in [2.75, 3.05) is 18.5 Å². The maximum Gasteiger partial charge on any atom is 0.157 e. The molecule has 3 nitrogen and oxygen atoms in total. The molecule has 2 N–H and O–H groups in total. The van der Waals surface area contributed by atoms with E-state index in [1.807, 2.05) is 12.0 Å². The predicted molar refractivity (Wildman–Crippen MR) is 69.8 cm³/mol. The monoisotopic (exact) mass is 321 g/mol. The van der Waals surface area contributed by atoms with Crippen LogP contribution in [0.5, 0.6) is 11.5 Å². The smallest absolute Gasteiger partial charge is 0.157 e. The minimum Gasteiger partial charge on any atom is -0.504 e. The summed E-state index contributed by atoms with van der Waals surface area (Å²) in [7, 11) is 2.05. The van der Waals surface area contributed by atoms with Crippen LogP contribution < -0.4 is 0 Å². The van der Waals surface area contributed by atoms with Crippen LogP contribution in [0.15, 0.2) is 12.1 Å². The number of rotatable bonds is 0. The molecule has 0 spiro atoms. The summed E-state index contributed by atoms with van der Waals surface area (Å²) in [5, 5.41) is 18.6. The summed E-state index contributed by atoms with van der Waals surface area (Å²) in [4.78, 5) is 4.16. The van der Waals surface area contributed by atoms with Crippen molar-refractivity contribution in [1.29, 1.82) is 0 Å². The van der Waals surface area contributed by atoms with Crippen LogP contribution in [0.3, 0.4) is 0 Å². The van der Waals surface area contributed by atoms with Crippen molar-refractivity contribution in [3.05, 3.63) is 23.3 Å². The first kappa shape index (κ1) is 12.6. The summed E-state index contributed by atoms with van der Waals surface area (Å²) in [6.45, 7) is 1.86. The summed E-state index contributed by atoms with van der Waals surface area (Å²) in [6, 6.07) is 3.32. The van der Waals surface area contributed by atoms with Gasteiger partial charge in [0.2, 0.25) is 0 Å². The number of fused-ring (bicyclic) bond motifs is 1. The van der Waals surface area contributed by atoms with Gasteiger partial charge in [-0.15, -0.1) is 0 Å². The summed E-state index contributed by atoms with van der Waals surface area (Å²) in [5.74, 6) is -0.0302. The van der Waals surface area contributed by atoms with Gasteiger partial charge < -0.3 is 15.1 Å². The Morgan fingerprint density at radius 2 is 1.67 bits per heavy atom. The van der Waals surface area contributed by atoms with E-state index in [0.717, 1.165) is 30.6 Å². The van der Waals surface area contributed by atoms with Crippen molar-refractivity contribution in [2.45, 2.75) is 13.0 Å². The van der Waals surface area contributed by atoms with Crippen LogP contribution in [0.1, 0.15) is 11.1 Å². The highest BCUT2D eigenvalue weighted by atomic mass is 127. The van der Waals surface area contributed by atoms with E-state index >= 15 is 0 Å². The van der Waals surface area contributed by atoms with Crippen LogP contribution in [-0.2, 0) is 13.0 Å². The third-order valence-electron chi connectivity index (χ3n) is 2.50. The molecule has 1 aliphatic heterocycles. The first-order chi connectivity index (χ1) is 7.16. The fourth-order valence-corrected chi connectivity index (χ4v) is 1.72. The minimum atomic E-state index is -0.0194. The van der Waals surface area contributed by atoms with Gasteiger partial charge in [0.1, 0.15) is 0 Å². The van der Waals surface area contributed by atoms with Crippen LogP contribution in [0.25, 0.3) is 0 Å². The van der Waals surface area contributed by atoms with E-state index in [2.05, 4.69) is 27.5 Å². The van der Waals surface area contributed by atoms with E-state index in [4.69, 9.17) is 0 Å². The van der Waals surface area contributed by atoms with Crippen LogP contribution in [0.4, 0.5) is 0 Å². The Kier molecular flexibility index (Phi) is 4.66. The molecule has 0 saturated carbocycles. The molecule has 0 unspecified atom stereocenters. The molecule has 0 atom stereocenters. The molecule has 0 aromatic heterocycles. The molecule has 2 rings (SSSR count). The molecule has 4 heteroatoms. The summed E-state index contributed by atoms with van der Waals surface area (Å²) in [5.41, 5.74) is 2.26. The SMILES string of the molecule is CI.CN1CCc2cc(O)c(O)cc2C1. The average Bonchev–Trinajstić information content (AvgIpc) is 2.23. The fourth-order valence-electron chi connectivity index (χ4n) is 1.72. The van der Waals surface area contributed by atoms with Gasteiger partial charge in [-0.2, -0.15) is 0 Å². The number of benzene rings is 1. The van der Waals surface area contributed by atoms with E-state index in [0.29, 0.717) is 0 Å². The van der Waals surface area contributed by atoms with Crippen molar-refractivity contribution in [3.8, 4) is 11.5 Å². The van der Waals surface area contributed by atoms with Crippen molar-refractivity contribution in [1.82, 2.24) is 4.90 Å². The number of aromatic hydroxyl groups is 2. The standard InChI is InChI=1S/C10H13NO2.CH3I/c1-11-3-2-7-4-9(12)10(13)5-8(7)6-11;1-2/h4-5,12-13H,2-3,6H2,1H3;1H3. The highest BCUT2D eigenvalue weighted by Crippen LogP contribution is 2.30. The normalized spacial score (nSPS) is 15.1. The molecule has 0 amide bonds. The number of likely N-dealkylation sites (N-methyl/N-ethyl adjacent to an activating group) is 1. The van der Waals surface area contributed by atoms with Gasteiger partial charge in [-0.3, -0.25) is 0 Å². The number of hydrogen-bond donors (Lipinski definition) is 2. The third kappa shape index (κ3) is 2.98. The lowest BCUT2D eigenvalue weighted by Crippen LogP contribution is -2.26. The highest BCUT2D eigenvalue weighted by molar-refractivity contribution is 14.1. The van der Waals surface area contributed by atoms with E-state index in [1.165, 1.54) is 0 Å². The molecule has 1 aliphatic rings. The van der Waals surface area contributed by atoms with Gasteiger partial charge in [0.15, 0.2) is 11.5 Å². The second-order valence-corrected chi connectivity index (χ2v) is 3.60. The van der Waals surface area contributed by atoms with E-state index in [9.17, 15) is 10.2 Å². The first-order valence-electron chi connectivity index (χ1n) is 4.77. The Morgan fingerprint density at radius 1 is 1.13 bits per heavy atom. The molecule has 0 saturated heterocycles. The number of halogens is 1. The quantitative estimate of drug-likeness (QED) is 0.437. The molecular weight excluding hydrogens is 305 g/mol. The van der Waals surface area contributed by atoms with Gasteiger partial charge in [0.25, 0.3) is 0 Å². The van der Waals surface area contributed by atoms with Crippen LogP contribution in [-0.4, -0.2) is 33.6 Å². The molecule has 1 aromatic carbocycles. The number of nitrogens with zero attached hydrogens (tertiary/aromatic N) is 1. The van der Waals surface area contributed by atoms with Crippen molar-refractivity contribution < 1.29 is 10.2 Å². The Morgan fingerprint density at radius 3 is 2.27 bits per heavy atom. The molecular formula is C11H16INO2. The topological polar surface area (TPSA) is 43.7 Å². The molecule has 15 heavy (non-hydrogen) atoms. The zero-order valence-corrected chi connectivity index (χ0v) is 11.2. The van der Waals surface area contributed by atoms with Crippen LogP contribution in [0, 0.1) is 0 Å². The zero-order chi connectivity index (χ0) is 11.4. The molecule has 1 heterocycles. The summed E-state index contributed by atoms with van der Waals surface area (Å²) >= 11 is 2.15. The van der Waals surface area contributed by atoms with E-state index in [-0.39, 0.29) is 11.5 Å². The number of hydrogen-bond acceptors (Lipinski definition) is 3. The maximum atomic E-state index is 9.29. The van der Waals surface area contributed by atoms with E-state index < -0.39 is 0 Å². The summed E-state index contributed by atoms with van der Waals surface area (Å²) < 4.78 is 0. The van der Waals surface area contributed by atoms with Gasteiger partial charge in [-0.25, -0.2) is 0 Å². The second-order valence-electron chi connectivity index (χ2n) is 3.60. The average molecular weight is 321 g/mol. The van der Waals surface area contributed by atoms with Crippen molar-refractivity contribution in [3.63, 3.8) is 0 Å². The van der Waals surface area contributed by atoms with Gasteiger partial charge in [0, 0.05) is 13.1 Å². The molecule has 84 valence electrons. The zero-order valence-electron chi connectivity index (χ0n) is 9.00. The second kappa shape index (κ2) is 5.55. The molecule has 0 radical (unpaired) electrons. The number of phenols is 2. The fraction of sp³-hybridized carbons (Fsp3) is 0.455. The van der Waals surface area contributed by atoms with Gasteiger partial charge in [-0.1, -0.05) is 22.6 Å². The van der Waals surface area contributed by atoms with Crippen LogP contribution in [0.2, 0.25) is 0 Å². The van der Waals surface area contributed by atoms with Gasteiger partial charge in [0.05, 0.1) is 0 Å². The lowest BCUT2D eigenvalue weighted by molar-refractivity contribution is 0.310. The lowest BCUT2D eigenvalue weighted by Gasteiger charge is -2.25. The lowest BCUT2D eigenvalue weighted by atomic mass is 9.99. The van der Waals surface area contributed by atoms with Crippen LogP contribution >= 0.6 is 22.6 Å². The van der Waals surface area contributed by atoms with Crippen molar-refractivity contribution in [2.24, 2.45) is 0 Å². The van der Waals surface area contributed by atoms with Gasteiger partial charge >= 0.3 is 0 Å². The minimum absolute atomic E-state index is 0.0108. The summed E-state index contributed by atoms with van der Waals surface area (Å²) in [6.07, 6.45) is 0.944. The highest BCUT2D eigenvalue weighted by Gasteiger charge is 2.15. The number of alkyl halides is 1. The Labute approximate surface area is 104 Å². The molecule has 0 fully saturated rings. The largest absolute Gasteiger partial charge is 0.504 e. The molecule has 1 aromatic rings.